The summed E-state index contributed by atoms with van der Waals surface area (Å²) >= 11 is 0. The number of non-ortho nitro benzene ring substituents is 1. The lowest BCUT2D eigenvalue weighted by Gasteiger charge is -2.59. The minimum absolute atomic E-state index is 0.00243. The third-order valence-corrected chi connectivity index (χ3v) is 11.9. The van der Waals surface area contributed by atoms with Gasteiger partial charge in [0.2, 0.25) is 12.6 Å². The Morgan fingerprint density at radius 3 is 2.47 bits per heavy atom. The molecule has 1 amide bonds. The van der Waals surface area contributed by atoms with Crippen LogP contribution in [-0.4, -0.2) is 83.0 Å². The molecule has 2 aliphatic carbocycles. The molecule has 15 heteroatoms. The maximum atomic E-state index is 14.3. The number of carbonyl (C=O) groups is 1. The zero-order chi connectivity index (χ0) is 44.0. The maximum absolute atomic E-state index is 14.3. The van der Waals surface area contributed by atoms with Crippen LogP contribution in [0.4, 0.5) is 10.5 Å². The maximum Gasteiger partial charge on any atom is 0.410 e. The van der Waals surface area contributed by atoms with Crippen LogP contribution in [0.2, 0.25) is 0 Å². The molecule has 0 bridgehead atoms. The molecule has 0 saturated heterocycles. The molecule has 2 N–H and O–H groups in total. The lowest BCUT2D eigenvalue weighted by atomic mass is 9.55. The first-order valence-electron chi connectivity index (χ1n) is 21.3. The second-order valence-electron chi connectivity index (χ2n) is 17.1. The largest absolute Gasteiger partial charge is 0.459 e. The lowest BCUT2D eigenvalue weighted by molar-refractivity contribution is -0.384. The molecule has 1 saturated carbocycles. The van der Waals surface area contributed by atoms with Gasteiger partial charge in [0.15, 0.2) is 11.5 Å². The van der Waals surface area contributed by atoms with Crippen molar-refractivity contribution in [3.8, 4) is 28.7 Å². The molecule has 1 fully saturated rings. The number of carbonyl (C=O) groups excluding carboxylic acids is 1. The van der Waals surface area contributed by atoms with Gasteiger partial charge < -0.3 is 43.5 Å². The van der Waals surface area contributed by atoms with Gasteiger partial charge in [-0.3, -0.25) is 15.0 Å². The van der Waals surface area contributed by atoms with E-state index in [4.69, 9.17) is 38.4 Å². The van der Waals surface area contributed by atoms with Gasteiger partial charge in [-0.1, -0.05) is 42.3 Å². The molecular formula is C47H57N3O12. The molecular weight excluding hydrogens is 799 g/mol. The van der Waals surface area contributed by atoms with Gasteiger partial charge in [-0.15, -0.1) is 6.58 Å². The van der Waals surface area contributed by atoms with Crippen LogP contribution in [0.1, 0.15) is 82.8 Å². The van der Waals surface area contributed by atoms with Crippen LogP contribution in [0.3, 0.4) is 0 Å². The van der Waals surface area contributed by atoms with E-state index in [1.807, 2.05) is 51.1 Å². The summed E-state index contributed by atoms with van der Waals surface area (Å²) in [6.07, 6.45) is 7.74. The molecule has 3 aromatic rings. The highest BCUT2D eigenvalue weighted by molar-refractivity contribution is 6.03. The molecule has 6 atom stereocenters. The number of nitro groups is 1. The van der Waals surface area contributed by atoms with Crippen molar-refractivity contribution >= 4 is 17.5 Å². The Hall–Kier alpha value is -5.64. The number of hydrogen-bond donors (Lipinski definition) is 2. The Bertz CT molecular complexity index is 2170. The van der Waals surface area contributed by atoms with E-state index in [1.54, 1.807) is 29.2 Å². The number of hydrogen-bond acceptors (Lipinski definition) is 13. The standard InChI is InChI=1S/C47H57N3O12/c1-6-22-59-47-42(49(45(53)56-5)28-30-16-18-40-41(23-30)58-29-57-40)27-38(48-62-46(2,3)4)36-24-31(12-7-9-20-51)35(15-8-10-21-52)43(44(36)47)37-26-34(17-19-39(37)61-47)60-33-14-11-13-32(25-33)50(54)55/h6,11,13-14,16-19,23-26,31,35,42-44,51-52H,1,7-10,12,15,20-22,27-29H2,2-5H3. The quantitative estimate of drug-likeness (QED) is 0.0538. The van der Waals surface area contributed by atoms with E-state index in [-0.39, 0.29) is 63.0 Å². The fraction of sp³-hybridized carbons (Fsp3) is 0.489. The number of amides is 1. The van der Waals surface area contributed by atoms with Crippen molar-refractivity contribution in [3.63, 3.8) is 0 Å². The zero-order valence-electron chi connectivity index (χ0n) is 35.8. The van der Waals surface area contributed by atoms with Crippen molar-refractivity contribution in [1.29, 1.82) is 0 Å². The van der Waals surface area contributed by atoms with Crippen LogP contribution in [0.25, 0.3) is 0 Å². The van der Waals surface area contributed by atoms with E-state index in [9.17, 15) is 25.1 Å². The Morgan fingerprint density at radius 1 is 1.00 bits per heavy atom. The molecule has 15 nitrogen and oxygen atoms in total. The van der Waals surface area contributed by atoms with Gasteiger partial charge in [0.1, 0.15) is 28.9 Å². The summed E-state index contributed by atoms with van der Waals surface area (Å²) in [5.41, 5.74) is 2.35. The van der Waals surface area contributed by atoms with Gasteiger partial charge in [-0.25, -0.2) is 4.79 Å². The van der Waals surface area contributed by atoms with Crippen LogP contribution < -0.4 is 18.9 Å². The summed E-state index contributed by atoms with van der Waals surface area (Å²) in [5.74, 6) is -0.0375. The predicted octanol–water partition coefficient (Wildman–Crippen LogP) is 8.82. The minimum Gasteiger partial charge on any atom is -0.459 e. The molecule has 3 aromatic carbocycles. The summed E-state index contributed by atoms with van der Waals surface area (Å²) in [7, 11) is 1.34. The van der Waals surface area contributed by atoms with Crippen molar-refractivity contribution < 1.29 is 53.2 Å². The van der Waals surface area contributed by atoms with Gasteiger partial charge in [0.25, 0.3) is 5.69 Å². The number of ether oxygens (including phenoxy) is 6. The normalized spacial score (nSPS) is 23.9. The number of aliphatic hydroxyl groups excluding tert-OH is 2. The topological polar surface area (TPSA) is 181 Å². The first-order valence-corrected chi connectivity index (χ1v) is 21.3. The molecule has 2 heterocycles. The average Bonchev–Trinajstić information content (AvgIpc) is 3.73. The smallest absolute Gasteiger partial charge is 0.410 e. The van der Waals surface area contributed by atoms with E-state index in [1.165, 1.54) is 19.2 Å². The van der Waals surface area contributed by atoms with E-state index in [0.717, 1.165) is 42.4 Å². The van der Waals surface area contributed by atoms with E-state index in [0.29, 0.717) is 47.3 Å². The van der Waals surface area contributed by atoms with Crippen LogP contribution >= 0.6 is 0 Å². The molecule has 62 heavy (non-hydrogen) atoms. The number of unbranched alkanes of at least 4 members (excludes halogenated alkanes) is 2. The molecule has 0 spiro atoms. The first-order chi connectivity index (χ1) is 29.9. The van der Waals surface area contributed by atoms with E-state index < -0.39 is 34.4 Å². The number of rotatable bonds is 18. The molecule has 4 aliphatic rings. The number of allylic oxidation sites excluding steroid dienone is 1. The highest BCUT2D eigenvalue weighted by Gasteiger charge is 2.65. The third kappa shape index (κ3) is 9.39. The Balaban J connectivity index is 1.45. The predicted molar refractivity (Wildman–Crippen MR) is 229 cm³/mol. The van der Waals surface area contributed by atoms with Crippen molar-refractivity contribution in [1.82, 2.24) is 4.90 Å². The van der Waals surface area contributed by atoms with Crippen LogP contribution in [0.5, 0.6) is 28.7 Å². The van der Waals surface area contributed by atoms with Crippen molar-refractivity contribution in [3.05, 3.63) is 106 Å². The Labute approximate surface area is 362 Å². The number of nitro benzene ring substituents is 1. The minimum atomic E-state index is -1.53. The summed E-state index contributed by atoms with van der Waals surface area (Å²) in [6.45, 7) is 10.1. The number of nitrogens with zero attached hydrogens (tertiary/aromatic N) is 3. The van der Waals surface area contributed by atoms with Gasteiger partial charge in [-0.2, -0.15) is 0 Å². The summed E-state index contributed by atoms with van der Waals surface area (Å²) < 4.78 is 37.5. The van der Waals surface area contributed by atoms with Gasteiger partial charge in [0, 0.05) is 43.7 Å². The zero-order valence-corrected chi connectivity index (χ0v) is 35.8. The number of oxime groups is 1. The van der Waals surface area contributed by atoms with Gasteiger partial charge >= 0.3 is 6.09 Å². The van der Waals surface area contributed by atoms with Gasteiger partial charge in [0.05, 0.1) is 36.3 Å². The molecule has 0 aromatic heterocycles. The molecule has 332 valence electrons. The average molecular weight is 856 g/mol. The molecule has 6 unspecified atom stereocenters. The number of fused-ring (bicyclic) bond motifs is 3. The fourth-order valence-corrected chi connectivity index (χ4v) is 9.36. The first kappa shape index (κ1) is 44.4. The fourth-order valence-electron chi connectivity index (χ4n) is 9.36. The second-order valence-corrected chi connectivity index (χ2v) is 17.1. The van der Waals surface area contributed by atoms with Crippen LogP contribution in [0, 0.1) is 27.9 Å². The van der Waals surface area contributed by atoms with Crippen LogP contribution in [0.15, 0.2) is 90.1 Å². The second kappa shape index (κ2) is 19.2. The summed E-state index contributed by atoms with van der Waals surface area (Å²) in [4.78, 5) is 33.3. The highest BCUT2D eigenvalue weighted by Crippen LogP contribution is 2.62. The van der Waals surface area contributed by atoms with Crippen LogP contribution in [-0.2, 0) is 20.9 Å². The number of benzene rings is 3. The number of aliphatic hydroxyl groups is 2. The summed E-state index contributed by atoms with van der Waals surface area (Å²) in [6, 6.07) is 16.2. The lowest BCUT2D eigenvalue weighted by Crippen LogP contribution is -2.70. The van der Waals surface area contributed by atoms with E-state index >= 15 is 0 Å². The van der Waals surface area contributed by atoms with E-state index in [2.05, 4.69) is 12.7 Å². The molecule has 7 rings (SSSR count). The van der Waals surface area contributed by atoms with Crippen molar-refractivity contribution in [2.45, 2.75) is 95.6 Å². The Kier molecular flexibility index (Phi) is 13.7. The molecule has 2 aliphatic heterocycles. The van der Waals surface area contributed by atoms with Gasteiger partial charge in [-0.05, 0) is 106 Å². The van der Waals surface area contributed by atoms with Crippen molar-refractivity contribution in [2.75, 3.05) is 33.7 Å². The summed E-state index contributed by atoms with van der Waals surface area (Å²) in [5, 5.41) is 36.4. The third-order valence-electron chi connectivity index (χ3n) is 11.9. The highest BCUT2D eigenvalue weighted by atomic mass is 16.7. The Morgan fingerprint density at radius 2 is 1.74 bits per heavy atom. The molecule has 0 radical (unpaired) electrons. The van der Waals surface area contributed by atoms with Crippen molar-refractivity contribution in [2.24, 2.45) is 22.9 Å². The monoisotopic (exact) mass is 855 g/mol. The number of methoxy groups -OCH3 is 1. The SMILES string of the molecule is C=CCOC12Oc3ccc(Oc4cccc([N+](=O)[O-])c4)cc3C3C(CCCCO)C(CCCCO)C=C(C(=NOC(C)(C)C)CC1N(Cc1ccc4c(c1)OCO4)C(=O)OC)C32.